The monoisotopic (exact) mass is 206 g/mol. The number of hydrogen-bond donors (Lipinski definition) is 2. The molecule has 0 rings (SSSR count). The lowest BCUT2D eigenvalue weighted by Crippen LogP contribution is -2.00. The van der Waals surface area contributed by atoms with E-state index < -0.39 is 0 Å². The summed E-state index contributed by atoms with van der Waals surface area (Å²) >= 11 is 8.28. The van der Waals surface area contributed by atoms with Gasteiger partial charge in [0, 0.05) is 12.2 Å². The zero-order valence-electron chi connectivity index (χ0n) is 7.33. The predicted octanol–water partition coefficient (Wildman–Crippen LogP) is 2.07. The van der Waals surface area contributed by atoms with Crippen LogP contribution in [0, 0.1) is 0 Å². The van der Waals surface area contributed by atoms with E-state index in [1.807, 2.05) is 6.92 Å². The van der Waals surface area contributed by atoms with Crippen LogP contribution in [0.1, 0.15) is 19.8 Å². The van der Waals surface area contributed by atoms with Gasteiger partial charge in [0.05, 0.1) is 7.11 Å². The maximum absolute atomic E-state index is 10.7. The van der Waals surface area contributed by atoms with E-state index in [0.29, 0.717) is 18.6 Å². The van der Waals surface area contributed by atoms with Crippen molar-refractivity contribution in [2.75, 3.05) is 12.9 Å². The summed E-state index contributed by atoms with van der Waals surface area (Å²) in [7, 11) is 1.39. The van der Waals surface area contributed by atoms with Gasteiger partial charge >= 0.3 is 5.97 Å². The first-order valence-corrected chi connectivity index (χ1v) is 4.75. The van der Waals surface area contributed by atoms with Gasteiger partial charge in [0.25, 0.3) is 0 Å². The number of rotatable bonds is 4. The molecule has 0 aliphatic rings. The molecule has 0 amide bonds. The number of methoxy groups -OCH3 is 1. The van der Waals surface area contributed by atoms with Crippen LogP contribution in [0.25, 0.3) is 0 Å². The Morgan fingerprint density at radius 2 is 2.00 bits per heavy atom. The molecule has 0 saturated carbocycles. The molecule has 4 heteroatoms. The zero-order valence-corrected chi connectivity index (χ0v) is 9.12. The van der Waals surface area contributed by atoms with Crippen LogP contribution in [0.2, 0.25) is 0 Å². The lowest BCUT2D eigenvalue weighted by atomic mass is 10.1. The fourth-order valence-electron chi connectivity index (χ4n) is 0.671. The minimum Gasteiger partial charge on any atom is -0.469 e. The van der Waals surface area contributed by atoms with Crippen molar-refractivity contribution in [3.63, 3.8) is 0 Å². The maximum atomic E-state index is 10.7. The predicted molar refractivity (Wildman–Crippen MR) is 56.8 cm³/mol. The molecular weight excluding hydrogens is 192 g/mol. The summed E-state index contributed by atoms with van der Waals surface area (Å²) in [6.07, 6.45) is 1.12. The highest BCUT2D eigenvalue weighted by Gasteiger charge is 2.02. The first-order valence-electron chi connectivity index (χ1n) is 3.67. The Labute approximate surface area is 84.2 Å². The molecule has 12 heavy (non-hydrogen) atoms. The van der Waals surface area contributed by atoms with Crippen molar-refractivity contribution in [2.45, 2.75) is 19.8 Å². The van der Waals surface area contributed by atoms with Crippen LogP contribution in [0.3, 0.4) is 0 Å². The molecule has 0 aromatic rings. The first-order chi connectivity index (χ1) is 5.61. The average molecular weight is 206 g/mol. The lowest BCUT2D eigenvalue weighted by Gasteiger charge is -2.03. The smallest absolute Gasteiger partial charge is 0.305 e. The van der Waals surface area contributed by atoms with Gasteiger partial charge in [-0.05, 0) is 18.2 Å². The number of hydrogen-bond acceptors (Lipinski definition) is 4. The second kappa shape index (κ2) is 6.43. The van der Waals surface area contributed by atoms with Crippen LogP contribution >= 0.6 is 25.3 Å². The fraction of sp³-hybridized carbons (Fsp3) is 0.625. The molecule has 0 heterocycles. The second-order valence-electron chi connectivity index (χ2n) is 2.46. The molecule has 0 atom stereocenters. The van der Waals surface area contributed by atoms with Gasteiger partial charge in [0.15, 0.2) is 0 Å². The Bertz CT molecular complexity index is 187. The molecule has 0 aromatic heterocycles. The molecule has 2 nitrogen and oxygen atoms in total. The third-order valence-corrected chi connectivity index (χ3v) is 2.68. The van der Waals surface area contributed by atoms with Crippen LogP contribution in [-0.4, -0.2) is 18.8 Å². The minimum absolute atomic E-state index is 0.186. The summed E-state index contributed by atoms with van der Waals surface area (Å²) < 4.78 is 4.51. The van der Waals surface area contributed by atoms with Gasteiger partial charge in [-0.3, -0.25) is 4.79 Å². The molecule has 0 radical (unpaired) electrons. The van der Waals surface area contributed by atoms with E-state index in [0.717, 1.165) is 10.5 Å². The van der Waals surface area contributed by atoms with Gasteiger partial charge in [-0.2, -0.15) is 12.6 Å². The molecule has 0 aromatic carbocycles. The van der Waals surface area contributed by atoms with Crippen molar-refractivity contribution < 1.29 is 9.53 Å². The molecule has 0 bridgehead atoms. The van der Waals surface area contributed by atoms with Gasteiger partial charge in [0.1, 0.15) is 0 Å². The van der Waals surface area contributed by atoms with E-state index in [9.17, 15) is 4.79 Å². The summed E-state index contributed by atoms with van der Waals surface area (Å²) in [6, 6.07) is 0. The van der Waals surface area contributed by atoms with Crippen LogP contribution in [0.4, 0.5) is 0 Å². The third kappa shape index (κ3) is 4.72. The van der Waals surface area contributed by atoms with Crippen molar-refractivity contribution >= 4 is 31.2 Å². The van der Waals surface area contributed by atoms with Crippen LogP contribution in [0.15, 0.2) is 10.5 Å². The Morgan fingerprint density at radius 1 is 1.42 bits per heavy atom. The highest BCUT2D eigenvalue weighted by Crippen LogP contribution is 2.15. The summed E-state index contributed by atoms with van der Waals surface area (Å²) in [5.74, 6) is 0.436. The Kier molecular flexibility index (Phi) is 6.38. The SMILES string of the molecule is COC(=O)CC/C(C)=C(/S)CS. The van der Waals surface area contributed by atoms with Gasteiger partial charge < -0.3 is 4.74 Å². The Hall–Kier alpha value is -0.0900. The zero-order chi connectivity index (χ0) is 9.56. The normalized spacial score (nSPS) is 12.3. The molecule has 0 fully saturated rings. The Balaban J connectivity index is 3.85. The van der Waals surface area contributed by atoms with E-state index in [4.69, 9.17) is 0 Å². The summed E-state index contributed by atoms with van der Waals surface area (Å²) in [6.45, 7) is 1.95. The van der Waals surface area contributed by atoms with Crippen LogP contribution in [-0.2, 0) is 9.53 Å². The van der Waals surface area contributed by atoms with E-state index >= 15 is 0 Å². The van der Waals surface area contributed by atoms with E-state index in [-0.39, 0.29) is 5.97 Å². The molecule has 70 valence electrons. The van der Waals surface area contributed by atoms with Gasteiger partial charge in [-0.1, -0.05) is 5.57 Å². The largest absolute Gasteiger partial charge is 0.469 e. The van der Waals surface area contributed by atoms with Gasteiger partial charge in [-0.15, -0.1) is 12.6 Å². The number of esters is 1. The molecule has 0 aliphatic heterocycles. The summed E-state index contributed by atoms with van der Waals surface area (Å²) in [5, 5.41) is 0. The fourth-order valence-corrected chi connectivity index (χ4v) is 1.05. The van der Waals surface area contributed by atoms with Crippen LogP contribution < -0.4 is 0 Å². The minimum atomic E-state index is -0.186. The molecule has 0 N–H and O–H groups in total. The van der Waals surface area contributed by atoms with E-state index in [1.54, 1.807) is 0 Å². The van der Waals surface area contributed by atoms with E-state index in [1.165, 1.54) is 7.11 Å². The number of thiol groups is 2. The van der Waals surface area contributed by atoms with Crippen molar-refractivity contribution in [1.82, 2.24) is 0 Å². The van der Waals surface area contributed by atoms with Crippen molar-refractivity contribution in [2.24, 2.45) is 0 Å². The van der Waals surface area contributed by atoms with Gasteiger partial charge in [0.2, 0.25) is 0 Å². The number of carbonyl (C=O) groups excluding carboxylic acids is 1. The van der Waals surface area contributed by atoms with Crippen molar-refractivity contribution in [3.05, 3.63) is 10.5 Å². The van der Waals surface area contributed by atoms with Crippen molar-refractivity contribution in [1.29, 1.82) is 0 Å². The van der Waals surface area contributed by atoms with Crippen molar-refractivity contribution in [3.8, 4) is 0 Å². The molecular formula is C8H14O2S2. The standard InChI is InChI=1S/C8H14O2S2/c1-6(7(12)5-11)3-4-8(9)10-2/h11-12H,3-5H2,1-2H3/b7-6+. The summed E-state index contributed by atoms with van der Waals surface area (Å²) in [4.78, 5) is 11.7. The number of ether oxygens (including phenoxy) is 1. The molecule has 0 aliphatic carbocycles. The lowest BCUT2D eigenvalue weighted by molar-refractivity contribution is -0.140. The Morgan fingerprint density at radius 3 is 2.42 bits per heavy atom. The molecule has 0 unspecified atom stereocenters. The number of carbonyl (C=O) groups is 1. The van der Waals surface area contributed by atoms with E-state index in [2.05, 4.69) is 30.0 Å². The average Bonchev–Trinajstić information content (AvgIpc) is 2.11. The quantitative estimate of drug-likeness (QED) is 0.544. The molecule has 0 saturated heterocycles. The topological polar surface area (TPSA) is 26.3 Å². The third-order valence-electron chi connectivity index (χ3n) is 1.57. The highest BCUT2D eigenvalue weighted by molar-refractivity contribution is 7.87. The van der Waals surface area contributed by atoms with Crippen LogP contribution in [0.5, 0.6) is 0 Å². The highest BCUT2D eigenvalue weighted by atomic mass is 32.1. The first kappa shape index (κ1) is 11.9. The summed E-state index contributed by atoms with van der Waals surface area (Å²) in [5.41, 5.74) is 1.10. The maximum Gasteiger partial charge on any atom is 0.305 e. The second-order valence-corrected chi connectivity index (χ2v) is 3.32. The van der Waals surface area contributed by atoms with Gasteiger partial charge in [-0.25, -0.2) is 0 Å². The molecule has 0 spiro atoms. The number of allylic oxidation sites excluding steroid dienone is 1.